The number of nitrogens with one attached hydrogen (secondary N) is 2. The van der Waals surface area contributed by atoms with Crippen molar-refractivity contribution in [3.05, 3.63) is 88.3 Å². The fourth-order valence-corrected chi connectivity index (χ4v) is 3.29. The normalized spacial score (nSPS) is 10.1. The van der Waals surface area contributed by atoms with Crippen LogP contribution in [-0.4, -0.2) is 23.3 Å². The molecule has 0 unspecified atom stereocenters. The van der Waals surface area contributed by atoms with Gasteiger partial charge in [0, 0.05) is 22.4 Å². The molecule has 0 bridgehead atoms. The Morgan fingerprint density at radius 3 is 2.07 bits per heavy atom. The Bertz CT molecular complexity index is 1070. The van der Waals surface area contributed by atoms with Gasteiger partial charge in [-0.25, -0.2) is 5.43 Å². The van der Waals surface area contributed by atoms with Gasteiger partial charge >= 0.3 is 0 Å². The van der Waals surface area contributed by atoms with Crippen LogP contribution >= 0.6 is 11.3 Å². The fourth-order valence-electron chi connectivity index (χ4n) is 2.51. The summed E-state index contributed by atoms with van der Waals surface area (Å²) in [6, 6.07) is 17.0. The molecule has 1 aromatic heterocycles. The molecule has 3 aromatic rings. The number of carbonyl (C=O) groups is 3. The molecule has 7 heteroatoms. The standard InChI is InChI=1S/C22H19N3O3S/c1-14(2)24-25-21(28)18-12-13-29-22(18)23-20(27)17-10-8-16(9-11-17)19(26)15-6-4-3-5-7-15/h3-13H,1-2H3,(H,23,27)(H,25,28). The maximum Gasteiger partial charge on any atom is 0.274 e. The summed E-state index contributed by atoms with van der Waals surface area (Å²) in [4.78, 5) is 37.2. The molecule has 0 fully saturated rings. The lowest BCUT2D eigenvalue weighted by Gasteiger charge is -2.07. The van der Waals surface area contributed by atoms with Crippen LogP contribution in [0.5, 0.6) is 0 Å². The van der Waals surface area contributed by atoms with Gasteiger partial charge in [-0.2, -0.15) is 5.10 Å². The van der Waals surface area contributed by atoms with Gasteiger partial charge in [-0.3, -0.25) is 14.4 Å². The summed E-state index contributed by atoms with van der Waals surface area (Å²) in [5.41, 5.74) is 4.96. The first-order valence-electron chi connectivity index (χ1n) is 8.85. The molecule has 29 heavy (non-hydrogen) atoms. The van der Waals surface area contributed by atoms with Crippen LogP contribution in [0.1, 0.15) is 50.5 Å². The van der Waals surface area contributed by atoms with E-state index in [1.807, 2.05) is 6.07 Å². The number of amides is 2. The van der Waals surface area contributed by atoms with Gasteiger partial charge < -0.3 is 5.32 Å². The molecule has 1 heterocycles. The Hall–Kier alpha value is -3.58. The van der Waals surface area contributed by atoms with Gasteiger partial charge in [0.1, 0.15) is 5.00 Å². The lowest BCUT2D eigenvalue weighted by Crippen LogP contribution is -2.20. The van der Waals surface area contributed by atoms with Crippen LogP contribution in [0, 0.1) is 0 Å². The minimum Gasteiger partial charge on any atom is -0.313 e. The average molecular weight is 405 g/mol. The molecule has 0 aliphatic carbocycles. The van der Waals surface area contributed by atoms with Gasteiger partial charge in [0.05, 0.1) is 5.56 Å². The Morgan fingerprint density at radius 2 is 1.41 bits per heavy atom. The minimum absolute atomic E-state index is 0.110. The Labute approximate surface area is 172 Å². The second-order valence-electron chi connectivity index (χ2n) is 6.39. The average Bonchev–Trinajstić information content (AvgIpc) is 3.20. The number of anilines is 1. The van der Waals surface area contributed by atoms with Crippen molar-refractivity contribution in [3.8, 4) is 0 Å². The molecule has 6 nitrogen and oxygen atoms in total. The van der Waals surface area contributed by atoms with E-state index in [0.717, 1.165) is 0 Å². The first kappa shape index (κ1) is 20.2. The topological polar surface area (TPSA) is 87.6 Å². The monoisotopic (exact) mass is 405 g/mol. The molecular weight excluding hydrogens is 386 g/mol. The molecule has 3 rings (SSSR count). The number of rotatable bonds is 6. The van der Waals surface area contributed by atoms with E-state index in [1.165, 1.54) is 11.3 Å². The summed E-state index contributed by atoms with van der Waals surface area (Å²) in [7, 11) is 0. The Kier molecular flexibility index (Phi) is 6.31. The largest absolute Gasteiger partial charge is 0.313 e. The Morgan fingerprint density at radius 1 is 0.793 bits per heavy atom. The highest BCUT2D eigenvalue weighted by molar-refractivity contribution is 7.14. The predicted octanol–water partition coefficient (Wildman–Crippen LogP) is 4.36. The molecule has 146 valence electrons. The van der Waals surface area contributed by atoms with Gasteiger partial charge in [-0.05, 0) is 37.4 Å². The van der Waals surface area contributed by atoms with Crippen molar-refractivity contribution in [1.29, 1.82) is 0 Å². The number of ketones is 1. The molecule has 0 aliphatic rings. The van der Waals surface area contributed by atoms with Gasteiger partial charge in [0.25, 0.3) is 11.8 Å². The molecule has 0 atom stereocenters. The summed E-state index contributed by atoms with van der Waals surface area (Å²) in [6.45, 7) is 3.53. The van der Waals surface area contributed by atoms with Crippen LogP contribution in [0.2, 0.25) is 0 Å². The van der Waals surface area contributed by atoms with E-state index in [9.17, 15) is 14.4 Å². The fraction of sp³-hybridized carbons (Fsp3) is 0.0909. The van der Waals surface area contributed by atoms with E-state index < -0.39 is 5.91 Å². The van der Waals surface area contributed by atoms with E-state index in [2.05, 4.69) is 15.8 Å². The zero-order chi connectivity index (χ0) is 20.8. The summed E-state index contributed by atoms with van der Waals surface area (Å²) in [5.74, 6) is -0.872. The van der Waals surface area contributed by atoms with Crippen LogP contribution < -0.4 is 10.7 Å². The van der Waals surface area contributed by atoms with Crippen molar-refractivity contribution >= 4 is 39.6 Å². The van der Waals surface area contributed by atoms with Crippen LogP contribution in [0.3, 0.4) is 0 Å². The lowest BCUT2D eigenvalue weighted by atomic mass is 10.0. The summed E-state index contributed by atoms with van der Waals surface area (Å²) >= 11 is 1.25. The SMILES string of the molecule is CC(C)=NNC(=O)c1ccsc1NC(=O)c1ccc(C(=O)c2ccccc2)cc1. The highest BCUT2D eigenvalue weighted by atomic mass is 32.1. The molecule has 0 aliphatic heterocycles. The molecular formula is C22H19N3O3S. The second kappa shape index (κ2) is 9.07. The van der Waals surface area contributed by atoms with Gasteiger partial charge in [0.2, 0.25) is 0 Å². The van der Waals surface area contributed by atoms with Crippen molar-refractivity contribution in [2.45, 2.75) is 13.8 Å². The third kappa shape index (κ3) is 5.03. The third-order valence-electron chi connectivity index (χ3n) is 3.96. The highest BCUT2D eigenvalue weighted by Gasteiger charge is 2.16. The molecule has 2 N–H and O–H groups in total. The molecule has 2 aromatic carbocycles. The van der Waals surface area contributed by atoms with E-state index in [4.69, 9.17) is 0 Å². The number of benzene rings is 2. The third-order valence-corrected chi connectivity index (χ3v) is 4.79. The van der Waals surface area contributed by atoms with E-state index in [1.54, 1.807) is 73.8 Å². The first-order chi connectivity index (χ1) is 14.0. The van der Waals surface area contributed by atoms with E-state index in [0.29, 0.717) is 33.0 Å². The number of thiophene rings is 1. The van der Waals surface area contributed by atoms with Crippen LogP contribution in [0.25, 0.3) is 0 Å². The van der Waals surface area contributed by atoms with Crippen molar-refractivity contribution in [2.24, 2.45) is 5.10 Å². The van der Waals surface area contributed by atoms with Crippen molar-refractivity contribution in [2.75, 3.05) is 5.32 Å². The van der Waals surface area contributed by atoms with Gasteiger partial charge in [-0.15, -0.1) is 11.3 Å². The molecule has 0 radical (unpaired) electrons. The quantitative estimate of drug-likeness (QED) is 0.363. The first-order valence-corrected chi connectivity index (χ1v) is 9.73. The summed E-state index contributed by atoms with van der Waals surface area (Å²) < 4.78 is 0. The van der Waals surface area contributed by atoms with Crippen molar-refractivity contribution in [1.82, 2.24) is 5.43 Å². The van der Waals surface area contributed by atoms with Gasteiger partial charge in [0.15, 0.2) is 5.78 Å². The maximum atomic E-state index is 12.6. The Balaban J connectivity index is 1.71. The maximum absolute atomic E-state index is 12.6. The van der Waals surface area contributed by atoms with Crippen molar-refractivity contribution in [3.63, 3.8) is 0 Å². The van der Waals surface area contributed by atoms with Crippen LogP contribution in [0.4, 0.5) is 5.00 Å². The van der Waals surface area contributed by atoms with Gasteiger partial charge in [-0.1, -0.05) is 42.5 Å². The number of nitrogens with zero attached hydrogens (tertiary/aromatic N) is 1. The zero-order valence-electron chi connectivity index (χ0n) is 15.9. The highest BCUT2D eigenvalue weighted by Crippen LogP contribution is 2.24. The summed E-state index contributed by atoms with van der Waals surface area (Å²) in [5, 5.41) is 8.78. The number of carbonyl (C=O) groups excluding carboxylic acids is 3. The molecule has 2 amide bonds. The zero-order valence-corrected chi connectivity index (χ0v) is 16.7. The van der Waals surface area contributed by atoms with E-state index in [-0.39, 0.29) is 11.7 Å². The lowest BCUT2D eigenvalue weighted by molar-refractivity contribution is 0.0955. The van der Waals surface area contributed by atoms with Crippen LogP contribution in [0.15, 0.2) is 71.1 Å². The van der Waals surface area contributed by atoms with E-state index >= 15 is 0 Å². The minimum atomic E-state index is -0.397. The summed E-state index contributed by atoms with van der Waals surface area (Å²) in [6.07, 6.45) is 0. The molecule has 0 saturated heterocycles. The second-order valence-corrected chi connectivity index (χ2v) is 7.31. The van der Waals surface area contributed by atoms with Crippen molar-refractivity contribution < 1.29 is 14.4 Å². The molecule has 0 saturated carbocycles. The number of hydrazone groups is 1. The molecule has 0 spiro atoms. The predicted molar refractivity (Wildman–Crippen MR) is 115 cm³/mol. The number of hydrogen-bond donors (Lipinski definition) is 2. The van der Waals surface area contributed by atoms with Crippen LogP contribution in [-0.2, 0) is 0 Å². The smallest absolute Gasteiger partial charge is 0.274 e. The number of hydrogen-bond acceptors (Lipinski definition) is 5.